The van der Waals surface area contributed by atoms with Crippen molar-refractivity contribution in [3.8, 4) is 5.88 Å². The molecule has 2 atom stereocenters. The van der Waals surface area contributed by atoms with Gasteiger partial charge in [0.25, 0.3) is 5.91 Å². The van der Waals surface area contributed by atoms with Gasteiger partial charge < -0.3 is 15.4 Å². The van der Waals surface area contributed by atoms with Crippen molar-refractivity contribution in [1.82, 2.24) is 15.3 Å². The molecule has 3 N–H and O–H groups in total. The van der Waals surface area contributed by atoms with E-state index in [9.17, 15) is 30.8 Å². The van der Waals surface area contributed by atoms with Gasteiger partial charge in [-0.3, -0.25) is 10.2 Å². The Morgan fingerprint density at radius 2 is 1.94 bits per heavy atom. The molecular formula is C20H21F4N5O4S. The minimum Gasteiger partial charge on any atom is -0.480 e. The van der Waals surface area contributed by atoms with Crippen LogP contribution in [0.3, 0.4) is 0 Å². The minimum atomic E-state index is -4.84. The molecule has 0 radical (unpaired) electrons. The summed E-state index contributed by atoms with van der Waals surface area (Å²) in [4.78, 5) is 20.2. The highest BCUT2D eigenvalue weighted by atomic mass is 32.2. The number of nitrogens with zero attached hydrogens (tertiary/aromatic N) is 2. The number of alkyl halides is 3. The number of hydrogen-bond donors (Lipinski definition) is 3. The van der Waals surface area contributed by atoms with E-state index < -0.39 is 56.0 Å². The van der Waals surface area contributed by atoms with E-state index in [0.717, 1.165) is 25.3 Å². The van der Waals surface area contributed by atoms with Gasteiger partial charge >= 0.3 is 6.18 Å². The van der Waals surface area contributed by atoms with E-state index in [2.05, 4.69) is 20.6 Å². The van der Waals surface area contributed by atoms with Crippen LogP contribution in [0, 0.1) is 11.2 Å². The Morgan fingerprint density at radius 1 is 1.26 bits per heavy atom. The number of amidine groups is 1. The summed E-state index contributed by atoms with van der Waals surface area (Å²) in [6.45, 7) is 2.07. The fourth-order valence-corrected chi connectivity index (χ4v) is 5.68. The Hall–Kier alpha value is -3.29. The number of carbonyl (C=O) groups excluding carboxylic acids is 1. The predicted octanol–water partition coefficient (Wildman–Crippen LogP) is 2.80. The first-order valence-corrected chi connectivity index (χ1v) is 11.4. The predicted molar refractivity (Wildman–Crippen MR) is 114 cm³/mol. The molecule has 3 rings (SSSR count). The lowest BCUT2D eigenvalue weighted by atomic mass is 9.90. The molecule has 9 nitrogen and oxygen atoms in total. The van der Waals surface area contributed by atoms with Crippen LogP contribution in [-0.2, 0) is 15.4 Å². The van der Waals surface area contributed by atoms with Crippen molar-refractivity contribution in [2.75, 3.05) is 18.2 Å². The third kappa shape index (κ3) is 4.81. The maximum Gasteiger partial charge on any atom is 0.391 e. The van der Waals surface area contributed by atoms with E-state index in [1.54, 1.807) is 0 Å². The number of benzene rings is 1. The van der Waals surface area contributed by atoms with Crippen LogP contribution in [0.25, 0.3) is 0 Å². The molecular weight excluding hydrogens is 482 g/mol. The molecule has 1 fully saturated rings. The van der Waals surface area contributed by atoms with Gasteiger partial charge in [0.2, 0.25) is 5.88 Å². The number of halogens is 4. The summed E-state index contributed by atoms with van der Waals surface area (Å²) in [5, 5.41) is 13.0. The van der Waals surface area contributed by atoms with Crippen molar-refractivity contribution in [3.63, 3.8) is 0 Å². The number of methoxy groups -OCH3 is 1. The lowest BCUT2D eigenvalue weighted by Crippen LogP contribution is -2.66. The standard InChI is InChI=1S/C20H21F4N5O4S/c1-18(10-34(31,32)19(2,17(25)29-18)9-20(22,23)24)12-6-11(4-5-13(12)21)28-16(30)14-7-27-15(33-3)8-26-14/h4-8H,9-10H2,1-3H3,(H2,25,29)(H,28,30)/t18-,19-/m0/s1. The zero-order valence-electron chi connectivity index (χ0n) is 18.2. The van der Waals surface area contributed by atoms with Crippen LogP contribution in [0.2, 0.25) is 0 Å². The van der Waals surface area contributed by atoms with Crippen LogP contribution in [-0.4, -0.2) is 53.9 Å². The average Bonchev–Trinajstić information content (AvgIpc) is 2.72. The Balaban J connectivity index is 1.92. The maximum absolute atomic E-state index is 14.8. The Kier molecular flexibility index (Phi) is 6.33. The number of carbonyl (C=O) groups is 1. The molecule has 0 saturated carbocycles. The molecule has 1 aromatic carbocycles. The van der Waals surface area contributed by atoms with E-state index in [1.807, 2.05) is 0 Å². The highest BCUT2D eigenvalue weighted by Gasteiger charge is 2.57. The molecule has 1 aromatic heterocycles. The SMILES string of the molecule is COc1cnc(C(=O)Nc2ccc(F)c([C@]3(C)CS(=O)(=O)[C@@](C)(CC(F)(F)F)C(=N)N3)c2)cn1. The molecule has 14 heteroatoms. The third-order valence-electron chi connectivity index (χ3n) is 5.52. The molecule has 2 aromatic rings. The Bertz CT molecular complexity index is 1240. The number of sulfone groups is 1. The van der Waals surface area contributed by atoms with Gasteiger partial charge in [0.1, 0.15) is 22.1 Å². The molecule has 0 bridgehead atoms. The third-order valence-corrected chi connectivity index (χ3v) is 8.20. The molecule has 34 heavy (non-hydrogen) atoms. The van der Waals surface area contributed by atoms with E-state index in [-0.39, 0.29) is 22.8 Å². The number of amides is 1. The van der Waals surface area contributed by atoms with Crippen LogP contribution in [0.15, 0.2) is 30.6 Å². The fraction of sp³-hybridized carbons (Fsp3) is 0.400. The van der Waals surface area contributed by atoms with Gasteiger partial charge in [-0.2, -0.15) is 13.2 Å². The second kappa shape index (κ2) is 8.49. The molecule has 2 heterocycles. The highest BCUT2D eigenvalue weighted by molar-refractivity contribution is 7.93. The Labute approximate surface area is 192 Å². The van der Waals surface area contributed by atoms with E-state index in [1.165, 1.54) is 26.3 Å². The monoisotopic (exact) mass is 503 g/mol. The first-order chi connectivity index (χ1) is 15.6. The van der Waals surface area contributed by atoms with Gasteiger partial charge in [-0.1, -0.05) is 0 Å². The lowest BCUT2D eigenvalue weighted by Gasteiger charge is -2.45. The summed E-state index contributed by atoms with van der Waals surface area (Å²) in [6.07, 6.45) is -4.24. The summed E-state index contributed by atoms with van der Waals surface area (Å²) in [6, 6.07) is 3.33. The average molecular weight is 503 g/mol. The van der Waals surface area contributed by atoms with Crippen molar-refractivity contribution in [2.24, 2.45) is 0 Å². The summed E-state index contributed by atoms with van der Waals surface area (Å²) in [7, 11) is -3.18. The van der Waals surface area contributed by atoms with Crippen LogP contribution in [0.1, 0.15) is 36.3 Å². The molecule has 184 valence electrons. The van der Waals surface area contributed by atoms with Crippen LogP contribution in [0.5, 0.6) is 5.88 Å². The van der Waals surface area contributed by atoms with Crippen molar-refractivity contribution in [2.45, 2.75) is 36.7 Å². The van der Waals surface area contributed by atoms with Gasteiger partial charge in [-0.25, -0.2) is 22.8 Å². The quantitative estimate of drug-likeness (QED) is 0.534. The topological polar surface area (TPSA) is 134 Å². The van der Waals surface area contributed by atoms with E-state index >= 15 is 0 Å². The van der Waals surface area contributed by atoms with Crippen LogP contribution in [0.4, 0.5) is 23.2 Å². The van der Waals surface area contributed by atoms with Crippen molar-refractivity contribution >= 4 is 27.3 Å². The fourth-order valence-electron chi connectivity index (χ4n) is 3.62. The summed E-state index contributed by atoms with van der Waals surface area (Å²) < 4.78 is 82.0. The van der Waals surface area contributed by atoms with Crippen molar-refractivity contribution < 1.29 is 35.5 Å². The van der Waals surface area contributed by atoms with Crippen molar-refractivity contribution in [1.29, 1.82) is 5.41 Å². The normalized spacial score (nSPS) is 24.3. The number of anilines is 1. The van der Waals surface area contributed by atoms with Gasteiger partial charge in [0.05, 0.1) is 37.2 Å². The largest absolute Gasteiger partial charge is 0.480 e. The number of nitrogens with one attached hydrogen (secondary N) is 3. The number of rotatable bonds is 5. The minimum absolute atomic E-state index is 0.0644. The zero-order chi connectivity index (χ0) is 25.5. The molecule has 1 saturated heterocycles. The van der Waals surface area contributed by atoms with Crippen LogP contribution >= 0.6 is 0 Å². The maximum atomic E-state index is 14.8. The molecule has 1 aliphatic heterocycles. The van der Waals surface area contributed by atoms with Gasteiger partial charge in [0, 0.05) is 11.3 Å². The molecule has 1 aliphatic rings. The molecule has 0 aliphatic carbocycles. The van der Waals surface area contributed by atoms with Gasteiger partial charge in [-0.05, 0) is 32.0 Å². The summed E-state index contributed by atoms with van der Waals surface area (Å²) >= 11 is 0. The lowest BCUT2D eigenvalue weighted by molar-refractivity contribution is -0.137. The Morgan fingerprint density at radius 3 is 2.47 bits per heavy atom. The van der Waals surface area contributed by atoms with Crippen molar-refractivity contribution in [3.05, 3.63) is 47.7 Å². The second-order valence-corrected chi connectivity index (χ2v) is 10.6. The molecule has 0 spiro atoms. The first kappa shape index (κ1) is 25.3. The first-order valence-electron chi connectivity index (χ1n) is 9.74. The number of aromatic nitrogens is 2. The van der Waals surface area contributed by atoms with Gasteiger partial charge in [0.15, 0.2) is 9.84 Å². The molecule has 1 amide bonds. The number of ether oxygens (including phenoxy) is 1. The number of hydrogen-bond acceptors (Lipinski definition) is 7. The zero-order valence-corrected chi connectivity index (χ0v) is 19.1. The summed E-state index contributed by atoms with van der Waals surface area (Å²) in [5.41, 5.74) is -2.05. The van der Waals surface area contributed by atoms with E-state index in [0.29, 0.717) is 0 Å². The summed E-state index contributed by atoms with van der Waals surface area (Å²) in [5.74, 6) is -3.21. The molecule has 0 unspecified atom stereocenters. The smallest absolute Gasteiger partial charge is 0.391 e. The second-order valence-electron chi connectivity index (χ2n) is 8.21. The van der Waals surface area contributed by atoms with Crippen LogP contribution < -0.4 is 15.4 Å². The van der Waals surface area contributed by atoms with E-state index in [4.69, 9.17) is 10.1 Å². The van der Waals surface area contributed by atoms with Gasteiger partial charge in [-0.15, -0.1) is 0 Å². The highest BCUT2D eigenvalue weighted by Crippen LogP contribution is 2.41.